The van der Waals surface area contributed by atoms with Gasteiger partial charge in [-0.3, -0.25) is 0 Å². The lowest BCUT2D eigenvalue weighted by molar-refractivity contribution is 0.424. The Morgan fingerprint density at radius 3 is 1.57 bits per heavy atom. The lowest BCUT2D eigenvalue weighted by atomic mass is 9.94. The normalized spacial score (nSPS) is 5.71. The van der Waals surface area contributed by atoms with Crippen LogP contribution in [0.15, 0.2) is 12.6 Å². The monoisotopic (exact) mass is 102 g/mol. The lowest BCUT2D eigenvalue weighted by Gasteiger charge is -1.75. The van der Waals surface area contributed by atoms with E-state index in [0.717, 1.165) is 5.98 Å². The van der Waals surface area contributed by atoms with Gasteiger partial charge in [0.05, 0.1) is 0 Å². The van der Waals surface area contributed by atoms with Gasteiger partial charge in [-0.1, -0.05) is 19.8 Å². The molecule has 0 aromatic rings. The summed E-state index contributed by atoms with van der Waals surface area (Å²) in [5, 5.41) is 15.6. The molecule has 0 amide bonds. The lowest BCUT2D eigenvalue weighted by Crippen LogP contribution is -2.03. The fourth-order valence-electron chi connectivity index (χ4n) is 0. The molecule has 2 nitrogen and oxygen atoms in total. The molecule has 0 spiro atoms. The SMILES string of the molecule is C=CB(O)O.CC. The Kier molecular flexibility index (Phi) is 13.0. The third kappa shape index (κ3) is 26.7. The molecular weight excluding hydrogens is 90.9 g/mol. The van der Waals surface area contributed by atoms with E-state index in [1.807, 2.05) is 13.8 Å². The van der Waals surface area contributed by atoms with Crippen molar-refractivity contribution in [2.24, 2.45) is 0 Å². The van der Waals surface area contributed by atoms with Gasteiger partial charge < -0.3 is 10.0 Å². The van der Waals surface area contributed by atoms with Gasteiger partial charge in [0.15, 0.2) is 0 Å². The molecule has 0 unspecified atom stereocenters. The summed E-state index contributed by atoms with van der Waals surface area (Å²) in [5.74, 6) is 1.03. The first kappa shape index (κ1) is 9.87. The predicted molar refractivity (Wildman–Crippen MR) is 31.7 cm³/mol. The molecular formula is C4H11BO2. The zero-order valence-electron chi connectivity index (χ0n) is 4.76. The minimum atomic E-state index is -1.35. The van der Waals surface area contributed by atoms with Crippen LogP contribution in [0.1, 0.15) is 13.8 Å². The summed E-state index contributed by atoms with van der Waals surface area (Å²) >= 11 is 0. The summed E-state index contributed by atoms with van der Waals surface area (Å²) < 4.78 is 0. The summed E-state index contributed by atoms with van der Waals surface area (Å²) in [5.41, 5.74) is 0. The van der Waals surface area contributed by atoms with Crippen LogP contribution in [0.4, 0.5) is 0 Å². The van der Waals surface area contributed by atoms with Crippen molar-refractivity contribution in [3.63, 3.8) is 0 Å². The van der Waals surface area contributed by atoms with Gasteiger partial charge >= 0.3 is 7.12 Å². The van der Waals surface area contributed by atoms with Crippen molar-refractivity contribution >= 4 is 7.12 Å². The highest BCUT2D eigenvalue weighted by Gasteiger charge is 1.92. The molecule has 0 atom stereocenters. The first-order valence-corrected chi connectivity index (χ1v) is 2.26. The highest BCUT2D eigenvalue weighted by Crippen LogP contribution is 1.60. The van der Waals surface area contributed by atoms with Gasteiger partial charge in [0.1, 0.15) is 0 Å². The third-order valence-corrected chi connectivity index (χ3v) is 0.211. The Morgan fingerprint density at radius 1 is 1.43 bits per heavy atom. The summed E-state index contributed by atoms with van der Waals surface area (Å²) in [6, 6.07) is 0. The summed E-state index contributed by atoms with van der Waals surface area (Å²) in [7, 11) is -1.35. The molecule has 0 aliphatic carbocycles. The van der Waals surface area contributed by atoms with E-state index in [1.165, 1.54) is 0 Å². The molecule has 0 bridgehead atoms. The molecule has 2 N–H and O–H groups in total. The molecule has 0 saturated heterocycles. The average Bonchev–Trinajstić information content (AvgIpc) is 1.73. The van der Waals surface area contributed by atoms with E-state index in [2.05, 4.69) is 6.58 Å². The van der Waals surface area contributed by atoms with Crippen molar-refractivity contribution in [3.05, 3.63) is 12.6 Å². The quantitative estimate of drug-likeness (QED) is 0.464. The van der Waals surface area contributed by atoms with Gasteiger partial charge in [0.25, 0.3) is 0 Å². The van der Waals surface area contributed by atoms with E-state index < -0.39 is 7.12 Å². The minimum absolute atomic E-state index is 1.03. The smallest absolute Gasteiger partial charge is 0.424 e. The molecule has 42 valence electrons. The van der Waals surface area contributed by atoms with Crippen LogP contribution in [0.25, 0.3) is 0 Å². The van der Waals surface area contributed by atoms with Gasteiger partial charge in [0.2, 0.25) is 0 Å². The molecule has 0 aliphatic rings. The number of hydrogen-bond donors (Lipinski definition) is 2. The topological polar surface area (TPSA) is 40.5 Å². The summed E-state index contributed by atoms with van der Waals surface area (Å²) in [6.07, 6.45) is 0. The predicted octanol–water partition coefficient (Wildman–Crippen LogP) is 0.211. The van der Waals surface area contributed by atoms with E-state index in [0.29, 0.717) is 0 Å². The van der Waals surface area contributed by atoms with Gasteiger partial charge in [-0.15, -0.1) is 6.58 Å². The fourth-order valence-corrected chi connectivity index (χ4v) is 0. The Bertz CT molecular complexity index is 36.7. The zero-order chi connectivity index (χ0) is 6.28. The maximum absolute atomic E-state index is 7.80. The van der Waals surface area contributed by atoms with E-state index in [4.69, 9.17) is 10.0 Å². The standard InChI is InChI=1S/C2H5BO2.C2H6/c1-2-3(4)5;1-2/h2,4-5H,1H2;1-2H3. The minimum Gasteiger partial charge on any atom is -0.424 e. The van der Waals surface area contributed by atoms with Crippen LogP contribution in [0.2, 0.25) is 0 Å². The molecule has 3 heteroatoms. The van der Waals surface area contributed by atoms with Gasteiger partial charge in [-0.2, -0.15) is 0 Å². The molecule has 0 aromatic heterocycles. The summed E-state index contributed by atoms with van der Waals surface area (Å²) in [4.78, 5) is 0. The Hall–Kier alpha value is -0.275. The van der Waals surface area contributed by atoms with Crippen LogP contribution >= 0.6 is 0 Å². The Morgan fingerprint density at radius 2 is 1.57 bits per heavy atom. The first-order chi connectivity index (χ1) is 3.27. The fraction of sp³-hybridized carbons (Fsp3) is 0.500. The Labute approximate surface area is 44.6 Å². The average molecular weight is 102 g/mol. The molecule has 0 aliphatic heterocycles. The van der Waals surface area contributed by atoms with Crippen LogP contribution in [0.3, 0.4) is 0 Å². The van der Waals surface area contributed by atoms with Gasteiger partial charge in [0, 0.05) is 0 Å². The Balaban J connectivity index is 0. The second-order valence-electron chi connectivity index (χ2n) is 0.649. The molecule has 7 heavy (non-hydrogen) atoms. The first-order valence-electron chi connectivity index (χ1n) is 2.26. The van der Waals surface area contributed by atoms with Crippen molar-refractivity contribution in [2.75, 3.05) is 0 Å². The van der Waals surface area contributed by atoms with Crippen molar-refractivity contribution in [2.45, 2.75) is 13.8 Å². The molecule has 0 heterocycles. The summed E-state index contributed by atoms with van der Waals surface area (Å²) in [6.45, 7) is 7.06. The second kappa shape index (κ2) is 9.21. The number of hydrogen-bond acceptors (Lipinski definition) is 2. The molecule has 0 fully saturated rings. The molecule has 0 radical (unpaired) electrons. The van der Waals surface area contributed by atoms with E-state index in [9.17, 15) is 0 Å². The van der Waals surface area contributed by atoms with E-state index >= 15 is 0 Å². The third-order valence-electron chi connectivity index (χ3n) is 0.211. The van der Waals surface area contributed by atoms with Crippen molar-refractivity contribution in [1.82, 2.24) is 0 Å². The van der Waals surface area contributed by atoms with Crippen LogP contribution in [0, 0.1) is 0 Å². The van der Waals surface area contributed by atoms with Crippen molar-refractivity contribution < 1.29 is 10.0 Å². The second-order valence-corrected chi connectivity index (χ2v) is 0.649. The largest absolute Gasteiger partial charge is 0.480 e. The van der Waals surface area contributed by atoms with Gasteiger partial charge in [-0.25, -0.2) is 0 Å². The van der Waals surface area contributed by atoms with Crippen LogP contribution in [-0.2, 0) is 0 Å². The van der Waals surface area contributed by atoms with Gasteiger partial charge in [-0.05, 0) is 0 Å². The maximum atomic E-state index is 7.80. The molecule has 0 aromatic carbocycles. The van der Waals surface area contributed by atoms with Crippen molar-refractivity contribution in [1.29, 1.82) is 0 Å². The highest BCUT2D eigenvalue weighted by atomic mass is 16.4. The van der Waals surface area contributed by atoms with Crippen molar-refractivity contribution in [3.8, 4) is 0 Å². The molecule has 0 rings (SSSR count). The van der Waals surface area contributed by atoms with Crippen LogP contribution < -0.4 is 0 Å². The molecule has 0 saturated carbocycles. The van der Waals surface area contributed by atoms with Crippen LogP contribution in [-0.4, -0.2) is 17.2 Å². The van der Waals surface area contributed by atoms with Crippen LogP contribution in [0.5, 0.6) is 0 Å². The maximum Gasteiger partial charge on any atom is 0.480 e. The number of rotatable bonds is 1. The van der Waals surface area contributed by atoms with E-state index in [1.54, 1.807) is 0 Å². The highest BCUT2D eigenvalue weighted by molar-refractivity contribution is 6.47. The zero-order valence-corrected chi connectivity index (χ0v) is 4.76. The van der Waals surface area contributed by atoms with E-state index in [-0.39, 0.29) is 0 Å².